The lowest BCUT2D eigenvalue weighted by atomic mass is 9.81. The Balaban J connectivity index is 1.43. The highest BCUT2D eigenvalue weighted by molar-refractivity contribution is 5.73. The van der Waals surface area contributed by atoms with Gasteiger partial charge in [0, 0.05) is 13.5 Å². The van der Waals surface area contributed by atoms with Gasteiger partial charge in [-0.2, -0.15) is 0 Å². The van der Waals surface area contributed by atoms with E-state index in [0.717, 1.165) is 12.0 Å². The maximum absolute atomic E-state index is 11.6. The van der Waals surface area contributed by atoms with Crippen LogP contribution in [0.1, 0.15) is 39.7 Å². The zero-order valence-corrected chi connectivity index (χ0v) is 22.6. The van der Waals surface area contributed by atoms with Gasteiger partial charge in [0.25, 0.3) is 0 Å². The first-order valence-corrected chi connectivity index (χ1v) is 13.1. The minimum atomic E-state index is -0.489. The molecule has 5 atom stereocenters. The minimum Gasteiger partial charge on any atom is -0.445 e. The van der Waals surface area contributed by atoms with Gasteiger partial charge in [-0.25, -0.2) is 4.79 Å². The highest BCUT2D eigenvalue weighted by Crippen LogP contribution is 2.32. The molecule has 10 heteroatoms. The van der Waals surface area contributed by atoms with Crippen LogP contribution in [-0.4, -0.2) is 83.2 Å². The molecule has 1 heterocycles. The fourth-order valence-corrected chi connectivity index (χ4v) is 4.10. The van der Waals surface area contributed by atoms with Crippen molar-refractivity contribution in [2.45, 2.75) is 59.2 Å². The fourth-order valence-electron chi connectivity index (χ4n) is 4.10. The largest absolute Gasteiger partial charge is 0.445 e. The van der Waals surface area contributed by atoms with Crippen LogP contribution in [0.3, 0.4) is 0 Å². The Morgan fingerprint density at radius 2 is 1.51 bits per heavy atom. The van der Waals surface area contributed by atoms with E-state index in [4.69, 9.17) is 28.4 Å². The van der Waals surface area contributed by atoms with E-state index in [9.17, 15) is 9.59 Å². The van der Waals surface area contributed by atoms with Crippen LogP contribution in [0.4, 0.5) is 4.79 Å². The predicted molar refractivity (Wildman–Crippen MR) is 138 cm³/mol. The Hall–Kier alpha value is -2.24. The quantitative estimate of drug-likeness (QED) is 0.299. The molecule has 0 aromatic heterocycles. The van der Waals surface area contributed by atoms with E-state index < -0.39 is 12.4 Å². The molecule has 1 aliphatic heterocycles. The van der Waals surface area contributed by atoms with Gasteiger partial charge in [-0.1, -0.05) is 51.1 Å². The molecule has 37 heavy (non-hydrogen) atoms. The number of carbonyl (C=O) groups is 2. The lowest BCUT2D eigenvalue weighted by Gasteiger charge is -2.44. The number of rotatable bonds is 17. The molecule has 2 rings (SSSR count). The van der Waals surface area contributed by atoms with E-state index in [1.54, 1.807) is 0 Å². The van der Waals surface area contributed by atoms with Gasteiger partial charge in [-0.15, -0.1) is 0 Å². The average molecular weight is 525 g/mol. The van der Waals surface area contributed by atoms with Crippen LogP contribution < -0.4 is 10.6 Å². The molecule has 10 nitrogen and oxygen atoms in total. The Kier molecular flexibility index (Phi) is 15.1. The summed E-state index contributed by atoms with van der Waals surface area (Å²) >= 11 is 0. The molecule has 0 bridgehead atoms. The smallest absolute Gasteiger partial charge is 0.407 e. The second kappa shape index (κ2) is 18.1. The van der Waals surface area contributed by atoms with Gasteiger partial charge in [0.2, 0.25) is 5.91 Å². The molecular weight excluding hydrogens is 480 g/mol. The second-order valence-corrected chi connectivity index (χ2v) is 9.09. The monoisotopic (exact) mass is 524 g/mol. The van der Waals surface area contributed by atoms with Gasteiger partial charge in [-0.05, 0) is 23.8 Å². The highest BCUT2D eigenvalue weighted by Gasteiger charge is 2.41. The van der Waals surface area contributed by atoms with Crippen molar-refractivity contribution in [3.8, 4) is 0 Å². The lowest BCUT2D eigenvalue weighted by Crippen LogP contribution is -2.57. The molecule has 1 unspecified atom stereocenters. The molecule has 210 valence electrons. The number of nitrogens with one attached hydrogen (secondary N) is 2. The van der Waals surface area contributed by atoms with Crippen molar-refractivity contribution in [2.24, 2.45) is 11.8 Å². The summed E-state index contributed by atoms with van der Waals surface area (Å²) in [6, 6.07) is 9.31. The summed E-state index contributed by atoms with van der Waals surface area (Å²) in [6.07, 6.45) is 0.0378. The zero-order chi connectivity index (χ0) is 26.9. The summed E-state index contributed by atoms with van der Waals surface area (Å²) in [4.78, 5) is 23.3. The van der Waals surface area contributed by atoms with Gasteiger partial charge in [0.15, 0.2) is 6.29 Å². The van der Waals surface area contributed by atoms with Gasteiger partial charge < -0.3 is 39.1 Å². The van der Waals surface area contributed by atoms with Crippen LogP contribution in [0.2, 0.25) is 0 Å². The molecule has 1 aromatic carbocycles. The van der Waals surface area contributed by atoms with E-state index in [0.29, 0.717) is 58.7 Å². The summed E-state index contributed by atoms with van der Waals surface area (Å²) in [6.45, 7) is 11.3. The number of amides is 2. The maximum Gasteiger partial charge on any atom is 0.407 e. The Morgan fingerprint density at radius 3 is 2.14 bits per heavy atom. The molecule has 0 radical (unpaired) electrons. The third-order valence-electron chi connectivity index (χ3n) is 6.34. The lowest BCUT2D eigenvalue weighted by molar-refractivity contribution is -0.239. The fraction of sp³-hybridized carbons (Fsp3) is 0.704. The molecule has 1 fully saturated rings. The first kappa shape index (κ1) is 31.0. The summed E-state index contributed by atoms with van der Waals surface area (Å²) in [5.74, 6) is 0.483. The highest BCUT2D eigenvalue weighted by atomic mass is 16.7. The van der Waals surface area contributed by atoms with Crippen molar-refractivity contribution in [3.05, 3.63) is 35.9 Å². The van der Waals surface area contributed by atoms with Gasteiger partial charge in [0.1, 0.15) is 6.61 Å². The first-order chi connectivity index (χ1) is 17.9. The van der Waals surface area contributed by atoms with E-state index in [1.165, 1.54) is 6.92 Å². The number of alkyl carbamates (subject to hydrolysis) is 1. The van der Waals surface area contributed by atoms with Gasteiger partial charge >= 0.3 is 6.09 Å². The van der Waals surface area contributed by atoms with E-state index >= 15 is 0 Å². The number of benzene rings is 1. The number of hydrogen-bond donors (Lipinski definition) is 2. The van der Waals surface area contributed by atoms with Crippen molar-refractivity contribution in [1.82, 2.24) is 10.6 Å². The van der Waals surface area contributed by atoms with Crippen LogP contribution in [-0.2, 0) is 39.8 Å². The predicted octanol–water partition coefficient (Wildman–Crippen LogP) is 2.89. The molecule has 1 saturated heterocycles. The molecule has 0 saturated carbocycles. The standard InChI is InChI=1S/C27H44N2O8/c1-5-24-20(2)21(3)25(29-22(4)30)26(37-24)35-18-17-34-16-15-33-14-13-32-12-11-28-27(31)36-19-23-9-7-6-8-10-23/h6-10,20-21,24-26H,5,11-19H2,1-4H3,(H,28,31)(H,29,30)/t20-,21+,24-,25-,26?/m1/s1. The van der Waals surface area contributed by atoms with E-state index in [1.807, 2.05) is 30.3 Å². The first-order valence-electron chi connectivity index (χ1n) is 13.1. The Morgan fingerprint density at radius 1 is 0.892 bits per heavy atom. The third kappa shape index (κ3) is 12.2. The second-order valence-electron chi connectivity index (χ2n) is 9.09. The molecule has 2 N–H and O–H groups in total. The van der Waals surface area contributed by atoms with Crippen molar-refractivity contribution in [2.75, 3.05) is 52.8 Å². The number of ether oxygens (including phenoxy) is 6. The van der Waals surface area contributed by atoms with Crippen molar-refractivity contribution in [3.63, 3.8) is 0 Å². The average Bonchev–Trinajstić information content (AvgIpc) is 2.89. The van der Waals surface area contributed by atoms with Crippen LogP contribution >= 0.6 is 0 Å². The molecule has 0 aliphatic carbocycles. The summed E-state index contributed by atoms with van der Waals surface area (Å²) in [5.41, 5.74) is 0.936. The van der Waals surface area contributed by atoms with Crippen LogP contribution in [0.5, 0.6) is 0 Å². The van der Waals surface area contributed by atoms with Crippen LogP contribution in [0.15, 0.2) is 30.3 Å². The molecule has 1 aliphatic rings. The zero-order valence-electron chi connectivity index (χ0n) is 22.6. The van der Waals surface area contributed by atoms with Crippen molar-refractivity contribution >= 4 is 12.0 Å². The summed E-state index contributed by atoms with van der Waals surface area (Å²) in [7, 11) is 0. The molecule has 1 aromatic rings. The topological polar surface area (TPSA) is 114 Å². The minimum absolute atomic E-state index is 0.0915. The molecule has 2 amide bonds. The third-order valence-corrected chi connectivity index (χ3v) is 6.34. The van der Waals surface area contributed by atoms with Crippen LogP contribution in [0.25, 0.3) is 0 Å². The van der Waals surface area contributed by atoms with E-state index in [-0.39, 0.29) is 30.6 Å². The van der Waals surface area contributed by atoms with Gasteiger partial charge in [-0.3, -0.25) is 4.79 Å². The summed E-state index contributed by atoms with van der Waals surface area (Å²) < 4.78 is 33.7. The molecular formula is C27H44N2O8. The number of carbonyl (C=O) groups excluding carboxylic acids is 2. The Bertz CT molecular complexity index is 766. The van der Waals surface area contributed by atoms with Crippen molar-refractivity contribution < 1.29 is 38.0 Å². The number of hydrogen-bond acceptors (Lipinski definition) is 8. The molecule has 0 spiro atoms. The van der Waals surface area contributed by atoms with Gasteiger partial charge in [0.05, 0.1) is 58.4 Å². The summed E-state index contributed by atoms with van der Waals surface area (Å²) in [5, 5.41) is 5.62. The van der Waals surface area contributed by atoms with E-state index in [2.05, 4.69) is 31.4 Å². The normalized spacial score (nSPS) is 23.4. The van der Waals surface area contributed by atoms with Crippen LogP contribution in [0, 0.1) is 11.8 Å². The maximum atomic E-state index is 11.6. The Labute approximate surface area is 220 Å². The SMILES string of the molecule is CC[C@H]1OC(OCCOCCOCCOCCNC(=O)OCc2ccccc2)[C@H](NC(C)=O)[C@@H](C)[C@H]1C. The van der Waals surface area contributed by atoms with Crippen molar-refractivity contribution in [1.29, 1.82) is 0 Å².